The number of carbonyl (C=O) groups excluding carboxylic acids is 2. The first-order chi connectivity index (χ1) is 13.6. The van der Waals surface area contributed by atoms with E-state index in [1.54, 1.807) is 37.3 Å². The number of fused-ring (bicyclic) bond motifs is 1. The third-order valence-corrected chi connectivity index (χ3v) is 4.41. The smallest absolute Gasteiger partial charge is 0.259 e. The fraction of sp³-hybridized carbons (Fsp3) is 0.143. The Hall–Kier alpha value is -3.74. The van der Waals surface area contributed by atoms with Gasteiger partial charge in [-0.1, -0.05) is 18.2 Å². The normalized spacial score (nSPS) is 11.9. The van der Waals surface area contributed by atoms with Crippen LogP contribution in [0.15, 0.2) is 59.2 Å². The Balaban J connectivity index is 1.46. The number of rotatable bonds is 5. The number of anilines is 1. The molecule has 0 aliphatic carbocycles. The number of amides is 2. The molecule has 1 aliphatic heterocycles. The molecule has 0 atom stereocenters. The molecule has 0 spiro atoms. The number of hydrogen-bond acceptors (Lipinski definition) is 5. The summed E-state index contributed by atoms with van der Waals surface area (Å²) >= 11 is 0. The summed E-state index contributed by atoms with van der Waals surface area (Å²) in [5.74, 6) is 1.24. The Morgan fingerprint density at radius 3 is 2.61 bits per heavy atom. The van der Waals surface area contributed by atoms with E-state index in [9.17, 15) is 9.59 Å². The van der Waals surface area contributed by atoms with Crippen molar-refractivity contribution in [1.29, 1.82) is 0 Å². The average molecular weight is 378 g/mol. The van der Waals surface area contributed by atoms with Gasteiger partial charge in [-0.25, -0.2) is 0 Å². The molecule has 2 amide bonds. The lowest BCUT2D eigenvalue weighted by Gasteiger charge is -2.11. The maximum atomic E-state index is 12.7. The maximum Gasteiger partial charge on any atom is 0.259 e. The van der Waals surface area contributed by atoms with Gasteiger partial charge < -0.3 is 24.5 Å². The third kappa shape index (κ3) is 3.55. The SMILES string of the molecule is Cc1occc1C(=O)Nc1ccccc1C(=O)NCc1ccc2c(c1)OCO2. The molecule has 2 N–H and O–H groups in total. The molecule has 142 valence electrons. The van der Waals surface area contributed by atoms with Gasteiger partial charge in [0.05, 0.1) is 23.1 Å². The zero-order valence-electron chi connectivity index (χ0n) is 15.2. The van der Waals surface area contributed by atoms with Crippen LogP contribution in [-0.4, -0.2) is 18.6 Å². The van der Waals surface area contributed by atoms with Gasteiger partial charge in [0, 0.05) is 6.54 Å². The Morgan fingerprint density at radius 2 is 1.79 bits per heavy atom. The summed E-state index contributed by atoms with van der Waals surface area (Å²) in [6.07, 6.45) is 1.45. The van der Waals surface area contributed by atoms with Gasteiger partial charge in [0.15, 0.2) is 11.5 Å². The molecule has 1 aromatic heterocycles. The number of nitrogens with one attached hydrogen (secondary N) is 2. The summed E-state index contributed by atoms with van der Waals surface area (Å²) in [4.78, 5) is 25.1. The quantitative estimate of drug-likeness (QED) is 0.709. The van der Waals surface area contributed by atoms with Gasteiger partial charge in [-0.3, -0.25) is 9.59 Å². The standard InChI is InChI=1S/C21H18N2O5/c1-13-15(8-9-26-13)21(25)23-17-5-3-2-4-16(17)20(24)22-11-14-6-7-18-19(10-14)28-12-27-18/h2-10H,11-12H2,1H3,(H,22,24)(H,23,25). The van der Waals surface area contributed by atoms with Gasteiger partial charge in [0.2, 0.25) is 6.79 Å². The highest BCUT2D eigenvalue weighted by Gasteiger charge is 2.17. The molecule has 7 nitrogen and oxygen atoms in total. The van der Waals surface area contributed by atoms with Crippen LogP contribution in [0.2, 0.25) is 0 Å². The first-order valence-corrected chi connectivity index (χ1v) is 8.73. The van der Waals surface area contributed by atoms with E-state index in [1.807, 2.05) is 18.2 Å². The lowest BCUT2D eigenvalue weighted by Crippen LogP contribution is -2.25. The van der Waals surface area contributed by atoms with Gasteiger partial charge in [-0.2, -0.15) is 0 Å². The number of para-hydroxylation sites is 1. The molecule has 0 radical (unpaired) electrons. The first kappa shape index (κ1) is 17.7. The van der Waals surface area contributed by atoms with E-state index in [-0.39, 0.29) is 18.6 Å². The molecular weight excluding hydrogens is 360 g/mol. The van der Waals surface area contributed by atoms with Gasteiger partial charge >= 0.3 is 0 Å². The van der Waals surface area contributed by atoms with Crippen LogP contribution < -0.4 is 20.1 Å². The van der Waals surface area contributed by atoms with Crippen LogP contribution in [0.25, 0.3) is 0 Å². The molecule has 2 aromatic carbocycles. The summed E-state index contributed by atoms with van der Waals surface area (Å²) in [7, 11) is 0. The summed E-state index contributed by atoms with van der Waals surface area (Å²) in [6, 6.07) is 13.9. The fourth-order valence-electron chi connectivity index (χ4n) is 2.93. The van der Waals surface area contributed by atoms with E-state index in [0.29, 0.717) is 40.6 Å². The van der Waals surface area contributed by atoms with Gasteiger partial charge in [0.25, 0.3) is 11.8 Å². The second-order valence-electron chi connectivity index (χ2n) is 6.26. The molecule has 7 heteroatoms. The van der Waals surface area contributed by atoms with Crippen molar-refractivity contribution in [3.63, 3.8) is 0 Å². The van der Waals surface area contributed by atoms with Crippen LogP contribution in [0, 0.1) is 6.92 Å². The minimum absolute atomic E-state index is 0.203. The molecule has 3 aromatic rings. The number of hydrogen-bond donors (Lipinski definition) is 2. The summed E-state index contributed by atoms with van der Waals surface area (Å²) in [6.45, 7) is 2.23. The van der Waals surface area contributed by atoms with Crippen LogP contribution in [0.1, 0.15) is 32.0 Å². The summed E-state index contributed by atoms with van der Waals surface area (Å²) in [5, 5.41) is 5.63. The predicted octanol–water partition coefficient (Wildman–Crippen LogP) is 3.50. The zero-order valence-corrected chi connectivity index (χ0v) is 15.2. The van der Waals surface area contributed by atoms with E-state index in [4.69, 9.17) is 13.9 Å². The number of ether oxygens (including phenoxy) is 2. The molecule has 4 rings (SSSR count). The number of benzene rings is 2. The molecule has 0 unspecified atom stereocenters. The molecular formula is C21H18N2O5. The van der Waals surface area contributed by atoms with E-state index < -0.39 is 0 Å². The first-order valence-electron chi connectivity index (χ1n) is 8.73. The number of aryl methyl sites for hydroxylation is 1. The molecule has 0 bridgehead atoms. The molecule has 0 saturated heterocycles. The minimum Gasteiger partial charge on any atom is -0.469 e. The van der Waals surface area contributed by atoms with Gasteiger partial charge in [0.1, 0.15) is 5.76 Å². The highest BCUT2D eigenvalue weighted by molar-refractivity contribution is 6.09. The van der Waals surface area contributed by atoms with E-state index in [2.05, 4.69) is 10.6 Å². The van der Waals surface area contributed by atoms with Crippen LogP contribution in [0.5, 0.6) is 11.5 Å². The van der Waals surface area contributed by atoms with Crippen molar-refractivity contribution >= 4 is 17.5 Å². The largest absolute Gasteiger partial charge is 0.469 e. The van der Waals surface area contributed by atoms with Crippen LogP contribution in [0.4, 0.5) is 5.69 Å². The number of furan rings is 1. The van der Waals surface area contributed by atoms with Crippen molar-refractivity contribution in [3.8, 4) is 11.5 Å². The van der Waals surface area contributed by atoms with Crippen molar-refractivity contribution < 1.29 is 23.5 Å². The second-order valence-corrected chi connectivity index (χ2v) is 6.26. The van der Waals surface area contributed by atoms with E-state index >= 15 is 0 Å². The van der Waals surface area contributed by atoms with Crippen molar-refractivity contribution in [3.05, 3.63) is 77.2 Å². The molecule has 0 fully saturated rings. The number of carbonyl (C=O) groups is 2. The van der Waals surface area contributed by atoms with Crippen LogP contribution in [-0.2, 0) is 6.54 Å². The average Bonchev–Trinajstić information content (AvgIpc) is 3.34. The zero-order chi connectivity index (χ0) is 19.5. The summed E-state index contributed by atoms with van der Waals surface area (Å²) < 4.78 is 15.8. The Labute approximate surface area is 161 Å². The Kier molecular flexibility index (Phi) is 4.72. The third-order valence-electron chi connectivity index (χ3n) is 4.41. The Morgan fingerprint density at radius 1 is 0.964 bits per heavy atom. The van der Waals surface area contributed by atoms with Gasteiger partial charge in [-0.15, -0.1) is 0 Å². The maximum absolute atomic E-state index is 12.7. The topological polar surface area (TPSA) is 89.8 Å². The van der Waals surface area contributed by atoms with Crippen molar-refractivity contribution in [2.45, 2.75) is 13.5 Å². The van der Waals surface area contributed by atoms with Crippen molar-refractivity contribution in [2.24, 2.45) is 0 Å². The van der Waals surface area contributed by atoms with Gasteiger partial charge in [-0.05, 0) is 42.8 Å². The van der Waals surface area contributed by atoms with Crippen LogP contribution in [0.3, 0.4) is 0 Å². The second kappa shape index (κ2) is 7.48. The fourth-order valence-corrected chi connectivity index (χ4v) is 2.93. The van der Waals surface area contributed by atoms with E-state index in [0.717, 1.165) is 5.56 Å². The van der Waals surface area contributed by atoms with Crippen molar-refractivity contribution in [1.82, 2.24) is 5.32 Å². The molecule has 28 heavy (non-hydrogen) atoms. The highest BCUT2D eigenvalue weighted by Crippen LogP contribution is 2.32. The molecule has 2 heterocycles. The lowest BCUT2D eigenvalue weighted by molar-refractivity contribution is 0.0951. The molecule has 1 aliphatic rings. The van der Waals surface area contributed by atoms with Crippen LogP contribution >= 0.6 is 0 Å². The van der Waals surface area contributed by atoms with E-state index in [1.165, 1.54) is 6.26 Å². The molecule has 0 saturated carbocycles. The predicted molar refractivity (Wildman–Crippen MR) is 102 cm³/mol. The van der Waals surface area contributed by atoms with Crippen molar-refractivity contribution in [2.75, 3.05) is 12.1 Å². The lowest BCUT2D eigenvalue weighted by atomic mass is 10.1. The minimum atomic E-state index is -0.331. The monoisotopic (exact) mass is 378 g/mol. The highest BCUT2D eigenvalue weighted by atomic mass is 16.7. The summed E-state index contributed by atoms with van der Waals surface area (Å²) in [5.41, 5.74) is 2.11. The Bertz CT molecular complexity index is 1040.